The van der Waals surface area contributed by atoms with E-state index in [1.54, 1.807) is 0 Å². The highest BCUT2D eigenvalue weighted by Crippen LogP contribution is 2.17. The predicted octanol–water partition coefficient (Wildman–Crippen LogP) is 2.36. The molecule has 25 heavy (non-hydrogen) atoms. The Bertz CT molecular complexity index is 548. The highest BCUT2D eigenvalue weighted by Gasteiger charge is 2.28. The maximum atomic E-state index is 12.6. The first-order valence-electron chi connectivity index (χ1n) is 8.41. The number of carbonyl (C=O) groups is 2. The molecular formula is C16H28N4O4S. The topological polar surface area (TPSA) is 106 Å². The Kier molecular flexibility index (Phi) is 9.51. The summed E-state index contributed by atoms with van der Waals surface area (Å²) in [6.45, 7) is 8.89. The Labute approximate surface area is 152 Å². The maximum Gasteiger partial charge on any atom is 0.407 e. The number of aromatic nitrogens is 2. The van der Waals surface area contributed by atoms with Crippen molar-refractivity contribution in [2.75, 3.05) is 26.0 Å². The van der Waals surface area contributed by atoms with Crippen molar-refractivity contribution in [3.8, 4) is 0 Å². The molecule has 9 heteroatoms. The number of hydrogen-bond donors (Lipinski definition) is 2. The zero-order chi connectivity index (χ0) is 18.8. The van der Waals surface area contributed by atoms with E-state index < -0.39 is 17.9 Å². The summed E-state index contributed by atoms with van der Waals surface area (Å²) in [5, 5.41) is 13.6. The number of amides is 1. The maximum absolute atomic E-state index is 12.6. The third kappa shape index (κ3) is 8.35. The molecule has 0 aliphatic rings. The second kappa shape index (κ2) is 11.1. The van der Waals surface area contributed by atoms with Crippen molar-refractivity contribution < 1.29 is 18.7 Å². The van der Waals surface area contributed by atoms with Gasteiger partial charge in [-0.1, -0.05) is 39.5 Å². The zero-order valence-corrected chi connectivity index (χ0v) is 16.3. The summed E-state index contributed by atoms with van der Waals surface area (Å²) < 4.78 is 10.5. The van der Waals surface area contributed by atoms with Crippen LogP contribution < -0.4 is 10.6 Å². The molecule has 0 saturated carbocycles. The van der Waals surface area contributed by atoms with Crippen molar-refractivity contribution in [3.63, 3.8) is 0 Å². The van der Waals surface area contributed by atoms with Gasteiger partial charge < -0.3 is 19.8 Å². The van der Waals surface area contributed by atoms with Gasteiger partial charge in [0.25, 0.3) is 11.1 Å². The van der Waals surface area contributed by atoms with Crippen LogP contribution in [0.2, 0.25) is 0 Å². The fourth-order valence-corrected chi connectivity index (χ4v) is 2.60. The molecule has 0 fully saturated rings. The van der Waals surface area contributed by atoms with Gasteiger partial charge in [0, 0.05) is 12.3 Å². The average Bonchev–Trinajstić information content (AvgIpc) is 3.00. The average molecular weight is 372 g/mol. The van der Waals surface area contributed by atoms with Crippen molar-refractivity contribution in [3.05, 3.63) is 5.89 Å². The minimum atomic E-state index is -0.754. The van der Waals surface area contributed by atoms with Gasteiger partial charge in [0.05, 0.1) is 6.61 Å². The number of carbonyl (C=O) groups excluding carboxylic acids is 2. The first-order valence-corrected chi connectivity index (χ1v) is 9.40. The summed E-state index contributed by atoms with van der Waals surface area (Å²) in [5.41, 5.74) is 0. The van der Waals surface area contributed by atoms with Gasteiger partial charge in [-0.05, 0) is 25.3 Å². The van der Waals surface area contributed by atoms with Gasteiger partial charge in [0.2, 0.25) is 5.78 Å². The lowest BCUT2D eigenvalue weighted by atomic mass is 10.0. The normalized spacial score (nSPS) is 12.4. The molecule has 0 aromatic carbocycles. The van der Waals surface area contributed by atoms with Crippen LogP contribution in [0.5, 0.6) is 0 Å². The zero-order valence-electron chi connectivity index (χ0n) is 15.5. The van der Waals surface area contributed by atoms with Crippen molar-refractivity contribution in [1.82, 2.24) is 20.8 Å². The summed E-state index contributed by atoms with van der Waals surface area (Å²) in [6, 6.07) is -0.754. The summed E-state index contributed by atoms with van der Waals surface area (Å²) in [6.07, 6.45) is -0.156. The number of rotatable bonds is 11. The molecule has 142 valence electrons. The minimum Gasteiger partial charge on any atom is -0.449 e. The lowest BCUT2D eigenvalue weighted by Gasteiger charge is -2.18. The summed E-state index contributed by atoms with van der Waals surface area (Å²) >= 11 is 1.37. The van der Waals surface area contributed by atoms with E-state index in [9.17, 15) is 9.59 Å². The van der Waals surface area contributed by atoms with Crippen LogP contribution in [0, 0.1) is 11.8 Å². The fraction of sp³-hybridized carbons (Fsp3) is 0.750. The van der Waals surface area contributed by atoms with E-state index in [4.69, 9.17) is 9.15 Å². The van der Waals surface area contributed by atoms with E-state index in [0.717, 1.165) is 12.3 Å². The number of Topliss-reactive ketones (excluding diaryl/α,β-unsaturated/α-hetero) is 1. The lowest BCUT2D eigenvalue weighted by Crippen LogP contribution is -2.42. The van der Waals surface area contributed by atoms with E-state index >= 15 is 0 Å². The lowest BCUT2D eigenvalue weighted by molar-refractivity contribution is 0.0861. The van der Waals surface area contributed by atoms with E-state index in [1.165, 1.54) is 11.8 Å². The molecule has 1 amide bonds. The van der Waals surface area contributed by atoms with Crippen molar-refractivity contribution in [2.24, 2.45) is 11.8 Å². The molecule has 0 saturated heterocycles. The third-order valence-corrected chi connectivity index (χ3v) is 3.88. The number of alkyl carbamates (subject to hydrolysis) is 1. The van der Waals surface area contributed by atoms with Crippen LogP contribution in [0.15, 0.2) is 9.64 Å². The van der Waals surface area contributed by atoms with Gasteiger partial charge in [0.15, 0.2) is 0 Å². The van der Waals surface area contributed by atoms with Crippen LogP contribution in [0.25, 0.3) is 0 Å². The van der Waals surface area contributed by atoms with Crippen molar-refractivity contribution >= 4 is 23.6 Å². The molecule has 1 aromatic rings. The molecule has 0 unspecified atom stereocenters. The molecule has 0 aliphatic heterocycles. The van der Waals surface area contributed by atoms with Crippen molar-refractivity contribution in [2.45, 2.75) is 45.4 Å². The molecule has 8 nitrogen and oxygen atoms in total. The largest absolute Gasteiger partial charge is 0.449 e. The van der Waals surface area contributed by atoms with Gasteiger partial charge in [-0.15, -0.1) is 10.2 Å². The Morgan fingerprint density at radius 2 is 1.92 bits per heavy atom. The predicted molar refractivity (Wildman–Crippen MR) is 95.8 cm³/mol. The molecule has 1 rings (SSSR count). The highest BCUT2D eigenvalue weighted by atomic mass is 32.2. The van der Waals surface area contributed by atoms with Crippen LogP contribution in [0.1, 0.15) is 44.8 Å². The van der Waals surface area contributed by atoms with Crippen LogP contribution >= 0.6 is 11.8 Å². The molecule has 0 radical (unpaired) electrons. The molecule has 1 atom stereocenters. The number of hydrogen-bond acceptors (Lipinski definition) is 8. The van der Waals surface area contributed by atoms with Crippen molar-refractivity contribution in [1.29, 1.82) is 0 Å². The first-order chi connectivity index (χ1) is 11.8. The van der Waals surface area contributed by atoms with Crippen LogP contribution in [-0.2, 0) is 4.74 Å². The van der Waals surface area contributed by atoms with Crippen LogP contribution in [0.4, 0.5) is 4.79 Å². The third-order valence-electron chi connectivity index (χ3n) is 3.06. The van der Waals surface area contributed by atoms with Gasteiger partial charge in [-0.25, -0.2) is 4.79 Å². The quantitative estimate of drug-likeness (QED) is 0.346. The molecule has 1 heterocycles. The number of nitrogens with one attached hydrogen (secondary N) is 2. The Morgan fingerprint density at radius 1 is 1.20 bits per heavy atom. The SMILES string of the molecule is CNCCSc1nnc(C(=O)[C@H](CC(C)C)NC(=O)OCC(C)C)o1. The molecular weight excluding hydrogens is 344 g/mol. The standard InChI is InChI=1S/C16H28N4O4S/c1-10(2)8-12(18-15(22)23-9-11(3)4)13(21)14-19-20-16(24-14)25-7-6-17-5/h10-12,17H,6-9H2,1-5H3,(H,18,22)/t12-/m0/s1. The minimum absolute atomic E-state index is 0.0956. The van der Waals surface area contributed by atoms with Gasteiger partial charge in [-0.3, -0.25) is 4.79 Å². The summed E-state index contributed by atoms with van der Waals surface area (Å²) in [7, 11) is 1.85. The van der Waals surface area contributed by atoms with E-state index in [0.29, 0.717) is 18.3 Å². The van der Waals surface area contributed by atoms with Gasteiger partial charge >= 0.3 is 6.09 Å². The number of thioether (sulfide) groups is 1. The molecule has 1 aromatic heterocycles. The molecule has 0 aliphatic carbocycles. The number of ether oxygens (including phenoxy) is 1. The smallest absolute Gasteiger partial charge is 0.407 e. The van der Waals surface area contributed by atoms with Gasteiger partial charge in [-0.2, -0.15) is 0 Å². The van der Waals surface area contributed by atoms with E-state index in [2.05, 4.69) is 20.8 Å². The highest BCUT2D eigenvalue weighted by molar-refractivity contribution is 7.99. The number of nitrogens with zero attached hydrogens (tertiary/aromatic N) is 2. The monoisotopic (exact) mass is 372 g/mol. The molecule has 0 spiro atoms. The Morgan fingerprint density at radius 3 is 2.52 bits per heavy atom. The van der Waals surface area contributed by atoms with Crippen LogP contribution in [0.3, 0.4) is 0 Å². The Hall–Kier alpha value is -1.61. The summed E-state index contributed by atoms with van der Waals surface area (Å²) in [4.78, 5) is 24.5. The van der Waals surface area contributed by atoms with E-state index in [-0.39, 0.29) is 17.7 Å². The first kappa shape index (κ1) is 21.4. The molecule has 2 N–H and O–H groups in total. The second-order valence-corrected chi connectivity index (χ2v) is 7.55. The summed E-state index contributed by atoms with van der Waals surface area (Å²) in [5.74, 6) is 0.677. The fourth-order valence-electron chi connectivity index (χ4n) is 1.89. The number of ketones is 1. The molecule has 0 bridgehead atoms. The Balaban J connectivity index is 2.70. The van der Waals surface area contributed by atoms with Crippen LogP contribution in [-0.4, -0.2) is 54.1 Å². The van der Waals surface area contributed by atoms with Gasteiger partial charge in [0.1, 0.15) is 6.04 Å². The van der Waals surface area contributed by atoms with E-state index in [1.807, 2.05) is 34.7 Å². The second-order valence-electron chi connectivity index (χ2n) is 6.51.